The van der Waals surface area contributed by atoms with Crippen LogP contribution in [0.25, 0.3) is 0 Å². The number of alkyl halides is 3. The van der Waals surface area contributed by atoms with E-state index >= 15 is 0 Å². The second kappa shape index (κ2) is 5.02. The van der Waals surface area contributed by atoms with E-state index in [1.165, 1.54) is 0 Å². The number of hydrogen-bond donors (Lipinski definition) is 1. The van der Waals surface area contributed by atoms with Crippen molar-refractivity contribution in [3.05, 3.63) is 0 Å². The molecule has 108 valence electrons. The van der Waals surface area contributed by atoms with Gasteiger partial charge < -0.3 is 10.0 Å². The summed E-state index contributed by atoms with van der Waals surface area (Å²) in [6.07, 6.45) is -2.28. The molecule has 0 heterocycles. The Morgan fingerprint density at radius 3 is 2.11 bits per heavy atom. The molecule has 1 amide bonds. The lowest BCUT2D eigenvalue weighted by atomic mass is 10.0. The van der Waals surface area contributed by atoms with Crippen LogP contribution in [-0.2, 0) is 9.59 Å². The number of rotatable bonds is 4. The normalized spacial score (nSPS) is 27.3. The summed E-state index contributed by atoms with van der Waals surface area (Å²) >= 11 is 0. The Bertz CT molecular complexity index is 379. The highest BCUT2D eigenvalue weighted by molar-refractivity contribution is 5.81. The van der Waals surface area contributed by atoms with Crippen LogP contribution in [0.2, 0.25) is 0 Å². The van der Waals surface area contributed by atoms with Gasteiger partial charge in [0.2, 0.25) is 5.91 Å². The van der Waals surface area contributed by atoms with Crippen molar-refractivity contribution < 1.29 is 27.9 Å². The highest BCUT2D eigenvalue weighted by atomic mass is 19.4. The number of carboxylic acid groups (broad SMARTS) is 1. The molecule has 2 unspecified atom stereocenters. The number of nitrogens with zero attached hydrogens (tertiary/aromatic N) is 1. The molecular formula is C12H16F3NO3. The van der Waals surface area contributed by atoms with E-state index in [9.17, 15) is 22.8 Å². The van der Waals surface area contributed by atoms with Crippen molar-refractivity contribution in [1.82, 2.24) is 4.90 Å². The molecule has 0 aliphatic heterocycles. The molecule has 0 aromatic carbocycles. The number of halogens is 3. The summed E-state index contributed by atoms with van der Waals surface area (Å²) in [6.45, 7) is -1.22. The Balaban J connectivity index is 1.98. The minimum absolute atomic E-state index is 0.162. The Morgan fingerprint density at radius 1 is 1.11 bits per heavy atom. The van der Waals surface area contributed by atoms with Gasteiger partial charge in [-0.15, -0.1) is 0 Å². The van der Waals surface area contributed by atoms with Gasteiger partial charge in [0.15, 0.2) is 0 Å². The van der Waals surface area contributed by atoms with Crippen LogP contribution in [-0.4, -0.2) is 40.6 Å². The summed E-state index contributed by atoms with van der Waals surface area (Å²) in [5, 5.41) is 8.85. The van der Waals surface area contributed by atoms with Crippen LogP contribution in [0.15, 0.2) is 0 Å². The smallest absolute Gasteiger partial charge is 0.406 e. The minimum Gasteiger partial charge on any atom is -0.481 e. The minimum atomic E-state index is -4.40. The topological polar surface area (TPSA) is 57.6 Å². The third-order valence-corrected chi connectivity index (χ3v) is 3.75. The first kappa shape index (κ1) is 14.1. The molecule has 2 atom stereocenters. The molecule has 0 saturated heterocycles. The van der Waals surface area contributed by atoms with Gasteiger partial charge in [-0.2, -0.15) is 13.2 Å². The SMILES string of the molecule is O=C(O)C1CCC(C(=O)N(CC(F)(F)F)C2CC2)C1. The van der Waals surface area contributed by atoms with Gasteiger partial charge in [-0.25, -0.2) is 0 Å². The van der Waals surface area contributed by atoms with Crippen molar-refractivity contribution in [2.75, 3.05) is 6.54 Å². The summed E-state index contributed by atoms with van der Waals surface area (Å²) in [7, 11) is 0. The number of amides is 1. The van der Waals surface area contributed by atoms with Crippen molar-refractivity contribution >= 4 is 11.9 Å². The lowest BCUT2D eigenvalue weighted by Gasteiger charge is -2.26. The highest BCUT2D eigenvalue weighted by Crippen LogP contribution is 2.37. The average molecular weight is 279 g/mol. The van der Waals surface area contributed by atoms with Gasteiger partial charge in [-0.1, -0.05) is 0 Å². The predicted molar refractivity (Wildman–Crippen MR) is 59.3 cm³/mol. The number of carboxylic acids is 1. The summed E-state index contributed by atoms with van der Waals surface area (Å²) in [5.41, 5.74) is 0. The molecule has 2 rings (SSSR count). The number of aliphatic carboxylic acids is 1. The van der Waals surface area contributed by atoms with Crippen molar-refractivity contribution in [2.24, 2.45) is 11.8 Å². The first-order chi connectivity index (χ1) is 8.78. The standard InChI is InChI=1S/C12H16F3NO3/c13-12(14,15)6-16(9-3-4-9)10(17)7-1-2-8(5-7)11(18)19/h7-9H,1-6H2,(H,18,19). The number of carbonyl (C=O) groups excluding carboxylic acids is 1. The largest absolute Gasteiger partial charge is 0.481 e. The zero-order chi connectivity index (χ0) is 14.2. The van der Waals surface area contributed by atoms with Crippen LogP contribution in [0, 0.1) is 11.8 Å². The molecule has 0 aromatic rings. The molecule has 7 heteroatoms. The first-order valence-corrected chi connectivity index (χ1v) is 6.38. The van der Waals surface area contributed by atoms with Gasteiger partial charge in [0, 0.05) is 12.0 Å². The van der Waals surface area contributed by atoms with Crippen LogP contribution in [0.5, 0.6) is 0 Å². The Hall–Kier alpha value is -1.27. The van der Waals surface area contributed by atoms with Crippen LogP contribution >= 0.6 is 0 Å². The quantitative estimate of drug-likeness (QED) is 0.856. The maximum Gasteiger partial charge on any atom is 0.406 e. The van der Waals surface area contributed by atoms with E-state index in [0.717, 1.165) is 4.90 Å². The molecule has 0 radical (unpaired) electrons. The molecule has 2 saturated carbocycles. The predicted octanol–water partition coefficient (Wildman–Crippen LogP) is 2.04. The molecule has 4 nitrogen and oxygen atoms in total. The van der Waals surface area contributed by atoms with Gasteiger partial charge in [0.25, 0.3) is 0 Å². The summed E-state index contributed by atoms with van der Waals surface area (Å²) < 4.78 is 37.4. The molecule has 2 aliphatic carbocycles. The van der Waals surface area contributed by atoms with Gasteiger partial charge in [-0.05, 0) is 32.1 Å². The zero-order valence-corrected chi connectivity index (χ0v) is 10.3. The van der Waals surface area contributed by atoms with Crippen LogP contribution in [0.1, 0.15) is 32.1 Å². The molecule has 2 fully saturated rings. The third kappa shape index (κ3) is 3.61. The Kier molecular flexibility index (Phi) is 3.73. The van der Waals surface area contributed by atoms with E-state index in [4.69, 9.17) is 5.11 Å². The molecule has 1 N–H and O–H groups in total. The Labute approximate surface area is 108 Å². The summed E-state index contributed by atoms with van der Waals surface area (Å²) in [6, 6.07) is -0.307. The lowest BCUT2D eigenvalue weighted by Crippen LogP contribution is -2.43. The van der Waals surface area contributed by atoms with E-state index in [2.05, 4.69) is 0 Å². The highest BCUT2D eigenvalue weighted by Gasteiger charge is 2.44. The number of carbonyl (C=O) groups is 2. The first-order valence-electron chi connectivity index (χ1n) is 6.38. The maximum atomic E-state index is 12.5. The van der Waals surface area contributed by atoms with Crippen molar-refractivity contribution in [1.29, 1.82) is 0 Å². The molecular weight excluding hydrogens is 263 g/mol. The van der Waals surface area contributed by atoms with Gasteiger partial charge in [0.1, 0.15) is 6.54 Å². The van der Waals surface area contributed by atoms with Crippen LogP contribution in [0.3, 0.4) is 0 Å². The van der Waals surface area contributed by atoms with Crippen molar-refractivity contribution in [3.8, 4) is 0 Å². The molecule has 19 heavy (non-hydrogen) atoms. The van der Waals surface area contributed by atoms with Gasteiger partial charge in [0.05, 0.1) is 5.92 Å². The van der Waals surface area contributed by atoms with Gasteiger partial charge >= 0.3 is 12.1 Å². The lowest BCUT2D eigenvalue weighted by molar-refractivity contribution is -0.165. The van der Waals surface area contributed by atoms with E-state index in [1.807, 2.05) is 0 Å². The Morgan fingerprint density at radius 2 is 1.68 bits per heavy atom. The second-order valence-electron chi connectivity index (χ2n) is 5.36. The monoisotopic (exact) mass is 279 g/mol. The van der Waals surface area contributed by atoms with E-state index in [0.29, 0.717) is 25.7 Å². The molecule has 2 aliphatic rings. The second-order valence-corrected chi connectivity index (χ2v) is 5.36. The molecule has 0 bridgehead atoms. The molecule has 0 aromatic heterocycles. The van der Waals surface area contributed by atoms with Crippen LogP contribution in [0.4, 0.5) is 13.2 Å². The van der Waals surface area contributed by atoms with E-state index in [1.54, 1.807) is 0 Å². The fourth-order valence-electron chi connectivity index (χ4n) is 2.63. The third-order valence-electron chi connectivity index (χ3n) is 3.75. The van der Waals surface area contributed by atoms with Crippen molar-refractivity contribution in [3.63, 3.8) is 0 Å². The van der Waals surface area contributed by atoms with Crippen LogP contribution < -0.4 is 0 Å². The zero-order valence-electron chi connectivity index (χ0n) is 10.3. The fraction of sp³-hybridized carbons (Fsp3) is 0.833. The summed E-state index contributed by atoms with van der Waals surface area (Å²) in [5.74, 6) is -2.65. The average Bonchev–Trinajstić information content (AvgIpc) is 3.00. The number of hydrogen-bond acceptors (Lipinski definition) is 2. The fourth-order valence-corrected chi connectivity index (χ4v) is 2.63. The summed E-state index contributed by atoms with van der Waals surface area (Å²) in [4.78, 5) is 23.8. The van der Waals surface area contributed by atoms with E-state index in [-0.39, 0.29) is 12.5 Å². The van der Waals surface area contributed by atoms with E-state index < -0.39 is 36.4 Å². The maximum absolute atomic E-state index is 12.5. The van der Waals surface area contributed by atoms with Gasteiger partial charge in [-0.3, -0.25) is 9.59 Å². The van der Waals surface area contributed by atoms with Crippen molar-refractivity contribution in [2.45, 2.75) is 44.3 Å². The molecule has 0 spiro atoms.